The molecule has 2 N–H and O–H groups in total. The Labute approximate surface area is 97.0 Å². The third kappa shape index (κ3) is 3.13. The Hall–Kier alpha value is -1.75. The van der Waals surface area contributed by atoms with Crippen molar-refractivity contribution >= 4 is 29.2 Å². The number of ether oxygens (including phenoxy) is 1. The number of hydrogen-bond donors (Lipinski definition) is 2. The standard InChI is InChI=1S/C10H10ClNO4/c1-6(13)12-8-3-2-7(10(14)15)4-9(8)16-5-11/h2-4H,5H2,1H3,(H,12,13)(H,14,15). The summed E-state index contributed by atoms with van der Waals surface area (Å²) in [4.78, 5) is 21.6. The molecule has 0 aliphatic carbocycles. The summed E-state index contributed by atoms with van der Waals surface area (Å²) >= 11 is 5.39. The number of alkyl halides is 1. The van der Waals surface area contributed by atoms with E-state index in [1.54, 1.807) is 0 Å². The van der Waals surface area contributed by atoms with Crippen molar-refractivity contribution in [2.24, 2.45) is 0 Å². The highest BCUT2D eigenvalue weighted by molar-refractivity contribution is 6.17. The van der Waals surface area contributed by atoms with E-state index in [4.69, 9.17) is 21.4 Å². The summed E-state index contributed by atoms with van der Waals surface area (Å²) in [6.45, 7) is 1.34. The molecule has 1 amide bonds. The minimum atomic E-state index is -1.08. The van der Waals surface area contributed by atoms with Gasteiger partial charge in [0.25, 0.3) is 0 Å². The van der Waals surface area contributed by atoms with E-state index in [9.17, 15) is 9.59 Å². The highest BCUT2D eigenvalue weighted by Gasteiger charge is 2.10. The minimum absolute atomic E-state index is 0.0641. The van der Waals surface area contributed by atoms with Crippen LogP contribution < -0.4 is 10.1 Å². The van der Waals surface area contributed by atoms with Crippen LogP contribution in [-0.4, -0.2) is 23.0 Å². The first kappa shape index (κ1) is 12.3. The van der Waals surface area contributed by atoms with Crippen molar-refractivity contribution in [3.63, 3.8) is 0 Å². The van der Waals surface area contributed by atoms with Gasteiger partial charge in [-0.2, -0.15) is 0 Å². The third-order valence-electron chi connectivity index (χ3n) is 1.75. The molecule has 0 atom stereocenters. The summed E-state index contributed by atoms with van der Waals surface area (Å²) in [5.41, 5.74) is 0.451. The van der Waals surface area contributed by atoms with Gasteiger partial charge in [-0.1, -0.05) is 11.6 Å². The van der Waals surface area contributed by atoms with Crippen LogP contribution >= 0.6 is 11.6 Å². The molecule has 5 nitrogen and oxygen atoms in total. The zero-order chi connectivity index (χ0) is 12.1. The maximum Gasteiger partial charge on any atom is 0.335 e. The van der Waals surface area contributed by atoms with E-state index in [-0.39, 0.29) is 23.3 Å². The lowest BCUT2D eigenvalue weighted by Crippen LogP contribution is -2.08. The van der Waals surface area contributed by atoms with Crippen LogP contribution in [0.3, 0.4) is 0 Å². The molecular weight excluding hydrogens is 234 g/mol. The number of amides is 1. The largest absolute Gasteiger partial charge is 0.478 e. The fourth-order valence-corrected chi connectivity index (χ4v) is 1.24. The summed E-state index contributed by atoms with van der Waals surface area (Å²) in [5, 5.41) is 11.3. The molecule has 1 aromatic rings. The van der Waals surface area contributed by atoms with Crippen molar-refractivity contribution in [2.75, 3.05) is 11.4 Å². The molecule has 1 rings (SSSR count). The van der Waals surface area contributed by atoms with Crippen LogP contribution in [0.5, 0.6) is 5.75 Å². The van der Waals surface area contributed by atoms with E-state index < -0.39 is 5.97 Å². The second-order valence-corrected chi connectivity index (χ2v) is 3.17. The molecule has 1 aromatic carbocycles. The number of hydrogen-bond acceptors (Lipinski definition) is 3. The second kappa shape index (κ2) is 5.37. The quantitative estimate of drug-likeness (QED) is 0.792. The van der Waals surface area contributed by atoms with Gasteiger partial charge in [0.1, 0.15) is 5.75 Å². The lowest BCUT2D eigenvalue weighted by atomic mass is 10.2. The SMILES string of the molecule is CC(=O)Nc1ccc(C(=O)O)cc1OCCl. The van der Waals surface area contributed by atoms with Crippen LogP contribution in [0.25, 0.3) is 0 Å². The summed E-state index contributed by atoms with van der Waals surface area (Å²) < 4.78 is 5.02. The van der Waals surface area contributed by atoms with Crippen LogP contribution in [0.1, 0.15) is 17.3 Å². The monoisotopic (exact) mass is 243 g/mol. The summed E-state index contributed by atoms with van der Waals surface area (Å²) in [7, 11) is 0. The molecule has 0 aliphatic rings. The van der Waals surface area contributed by atoms with Gasteiger partial charge < -0.3 is 15.2 Å². The van der Waals surface area contributed by atoms with Gasteiger partial charge in [0, 0.05) is 6.92 Å². The summed E-state index contributed by atoms with van der Waals surface area (Å²) in [6.07, 6.45) is 0. The van der Waals surface area contributed by atoms with E-state index in [1.165, 1.54) is 25.1 Å². The molecule has 0 saturated heterocycles. The van der Waals surface area contributed by atoms with Gasteiger partial charge >= 0.3 is 5.97 Å². The van der Waals surface area contributed by atoms with E-state index in [0.717, 1.165) is 0 Å². The molecule has 0 saturated carbocycles. The number of aromatic carboxylic acids is 1. The van der Waals surface area contributed by atoms with Crippen molar-refractivity contribution in [1.82, 2.24) is 0 Å². The molecule has 0 aliphatic heterocycles. The van der Waals surface area contributed by atoms with Crippen molar-refractivity contribution in [1.29, 1.82) is 0 Å². The highest BCUT2D eigenvalue weighted by atomic mass is 35.5. The average Bonchev–Trinajstić information content (AvgIpc) is 2.20. The number of anilines is 1. The van der Waals surface area contributed by atoms with E-state index in [0.29, 0.717) is 5.69 Å². The van der Waals surface area contributed by atoms with Crippen molar-refractivity contribution in [3.05, 3.63) is 23.8 Å². The van der Waals surface area contributed by atoms with E-state index in [2.05, 4.69) is 5.32 Å². The maximum absolute atomic E-state index is 10.9. The second-order valence-electron chi connectivity index (χ2n) is 2.95. The molecule has 0 bridgehead atoms. The number of carboxylic acid groups (broad SMARTS) is 1. The number of carbonyl (C=O) groups is 2. The Balaban J connectivity index is 3.08. The lowest BCUT2D eigenvalue weighted by Gasteiger charge is -2.10. The highest BCUT2D eigenvalue weighted by Crippen LogP contribution is 2.26. The van der Waals surface area contributed by atoms with Crippen molar-refractivity contribution in [2.45, 2.75) is 6.92 Å². The third-order valence-corrected chi connectivity index (χ3v) is 1.86. The Bertz CT molecular complexity index is 419. The molecular formula is C10H10ClNO4. The van der Waals surface area contributed by atoms with Crippen LogP contribution in [0.2, 0.25) is 0 Å². The molecule has 0 aromatic heterocycles. The van der Waals surface area contributed by atoms with Gasteiger partial charge in [-0.15, -0.1) is 0 Å². The molecule has 86 valence electrons. The maximum atomic E-state index is 10.9. The number of carbonyl (C=O) groups excluding carboxylic acids is 1. The first-order valence-electron chi connectivity index (χ1n) is 4.38. The fraction of sp³-hybridized carbons (Fsp3) is 0.200. The summed E-state index contributed by atoms with van der Waals surface area (Å²) in [5.74, 6) is -1.12. The van der Waals surface area contributed by atoms with Crippen LogP contribution in [-0.2, 0) is 4.79 Å². The zero-order valence-electron chi connectivity index (χ0n) is 8.49. The van der Waals surface area contributed by atoms with Crippen molar-refractivity contribution < 1.29 is 19.4 Å². The van der Waals surface area contributed by atoms with E-state index >= 15 is 0 Å². The van der Waals surface area contributed by atoms with Gasteiger partial charge in [0.15, 0.2) is 6.07 Å². The van der Waals surface area contributed by atoms with Crippen LogP contribution in [0.4, 0.5) is 5.69 Å². The van der Waals surface area contributed by atoms with Crippen LogP contribution in [0.15, 0.2) is 18.2 Å². The Morgan fingerprint density at radius 3 is 2.69 bits per heavy atom. The Morgan fingerprint density at radius 2 is 2.19 bits per heavy atom. The van der Waals surface area contributed by atoms with Gasteiger partial charge in [-0.05, 0) is 18.2 Å². The molecule has 6 heteroatoms. The average molecular weight is 244 g/mol. The normalized spacial score (nSPS) is 9.62. The first-order chi connectivity index (χ1) is 7.54. The van der Waals surface area contributed by atoms with Crippen molar-refractivity contribution in [3.8, 4) is 5.75 Å². The predicted molar refractivity (Wildman–Crippen MR) is 59.1 cm³/mol. The molecule has 0 heterocycles. The molecule has 0 fully saturated rings. The van der Waals surface area contributed by atoms with Gasteiger partial charge in [-0.25, -0.2) is 4.79 Å². The smallest absolute Gasteiger partial charge is 0.335 e. The number of rotatable bonds is 4. The van der Waals surface area contributed by atoms with E-state index in [1.807, 2.05) is 0 Å². The number of nitrogens with one attached hydrogen (secondary N) is 1. The first-order valence-corrected chi connectivity index (χ1v) is 4.91. The molecule has 0 unspecified atom stereocenters. The Morgan fingerprint density at radius 1 is 1.50 bits per heavy atom. The number of halogens is 1. The fourth-order valence-electron chi connectivity index (χ4n) is 1.13. The van der Waals surface area contributed by atoms with Gasteiger partial charge in [0.2, 0.25) is 5.91 Å². The molecule has 0 radical (unpaired) electrons. The zero-order valence-corrected chi connectivity index (χ0v) is 9.25. The Kier molecular flexibility index (Phi) is 4.13. The number of benzene rings is 1. The van der Waals surface area contributed by atoms with Crippen LogP contribution in [0, 0.1) is 0 Å². The van der Waals surface area contributed by atoms with Gasteiger partial charge in [-0.3, -0.25) is 4.79 Å². The topological polar surface area (TPSA) is 75.6 Å². The molecule has 0 spiro atoms. The predicted octanol–water partition coefficient (Wildman–Crippen LogP) is 1.92. The minimum Gasteiger partial charge on any atom is -0.478 e. The number of carboxylic acids is 1. The lowest BCUT2D eigenvalue weighted by molar-refractivity contribution is -0.114. The molecule has 16 heavy (non-hydrogen) atoms. The van der Waals surface area contributed by atoms with Gasteiger partial charge in [0.05, 0.1) is 11.3 Å². The summed E-state index contributed by atoms with van der Waals surface area (Å²) in [6, 6.07) is 3.99.